The largest absolute Gasteiger partial charge is 0.481 e. The molecule has 1 fully saturated rings. The zero-order valence-corrected chi connectivity index (χ0v) is 12.0. The summed E-state index contributed by atoms with van der Waals surface area (Å²) in [6.07, 6.45) is 3.49. The molecule has 0 saturated carbocycles. The predicted molar refractivity (Wildman–Crippen MR) is 72.4 cm³/mol. The standard InChI is InChI=1S/C13H14BrNO4/c1-8-10(13(17)18)6-7-15(8)12(16)5-3-9-2-4-11(14)19-9/h2-5,8,10H,6-7H2,1H3,(H,17,18). The molecule has 0 aromatic carbocycles. The molecule has 5 nitrogen and oxygen atoms in total. The lowest BCUT2D eigenvalue weighted by Gasteiger charge is -2.21. The van der Waals surface area contributed by atoms with E-state index in [1.54, 1.807) is 30.0 Å². The van der Waals surface area contributed by atoms with E-state index in [0.717, 1.165) is 0 Å². The maximum absolute atomic E-state index is 12.0. The number of carboxylic acid groups (broad SMARTS) is 1. The van der Waals surface area contributed by atoms with Gasteiger partial charge in [0.15, 0.2) is 4.67 Å². The minimum Gasteiger partial charge on any atom is -0.481 e. The fourth-order valence-electron chi connectivity index (χ4n) is 2.25. The lowest BCUT2D eigenvalue weighted by atomic mass is 10.0. The van der Waals surface area contributed by atoms with E-state index in [4.69, 9.17) is 9.52 Å². The second-order valence-electron chi connectivity index (χ2n) is 4.48. The number of hydrogen-bond donors (Lipinski definition) is 1. The smallest absolute Gasteiger partial charge is 0.308 e. The molecule has 1 N–H and O–H groups in total. The highest BCUT2D eigenvalue weighted by Gasteiger charge is 2.37. The monoisotopic (exact) mass is 327 g/mol. The van der Waals surface area contributed by atoms with Crippen molar-refractivity contribution >= 4 is 33.9 Å². The van der Waals surface area contributed by atoms with Gasteiger partial charge in [0.2, 0.25) is 5.91 Å². The number of aliphatic carboxylic acids is 1. The first kappa shape index (κ1) is 13.9. The maximum atomic E-state index is 12.0. The van der Waals surface area contributed by atoms with Crippen molar-refractivity contribution in [3.05, 3.63) is 28.6 Å². The second-order valence-corrected chi connectivity index (χ2v) is 5.26. The molecule has 1 aliphatic heterocycles. The molecule has 0 radical (unpaired) electrons. The molecule has 1 amide bonds. The summed E-state index contributed by atoms with van der Waals surface area (Å²) >= 11 is 3.18. The van der Waals surface area contributed by atoms with Crippen LogP contribution in [0.4, 0.5) is 0 Å². The molecular weight excluding hydrogens is 314 g/mol. The first-order valence-electron chi connectivity index (χ1n) is 5.96. The summed E-state index contributed by atoms with van der Waals surface area (Å²) in [7, 11) is 0. The SMILES string of the molecule is CC1C(C(=O)O)CCN1C(=O)C=Cc1ccc(Br)o1. The van der Waals surface area contributed by atoms with Gasteiger partial charge in [0, 0.05) is 18.7 Å². The van der Waals surface area contributed by atoms with E-state index < -0.39 is 11.9 Å². The Morgan fingerprint density at radius 1 is 1.53 bits per heavy atom. The van der Waals surface area contributed by atoms with Crippen LogP contribution in [-0.2, 0) is 9.59 Å². The Labute approximate surface area is 119 Å². The molecule has 1 aliphatic rings. The fourth-order valence-corrected chi connectivity index (χ4v) is 2.57. The van der Waals surface area contributed by atoms with Crippen LogP contribution in [0.2, 0.25) is 0 Å². The average molecular weight is 328 g/mol. The molecule has 0 spiro atoms. The summed E-state index contributed by atoms with van der Waals surface area (Å²) in [5.74, 6) is -0.942. The van der Waals surface area contributed by atoms with Crippen LogP contribution in [0.1, 0.15) is 19.1 Å². The number of carboxylic acids is 1. The van der Waals surface area contributed by atoms with Crippen molar-refractivity contribution in [2.45, 2.75) is 19.4 Å². The lowest BCUT2D eigenvalue weighted by molar-refractivity contribution is -0.142. The van der Waals surface area contributed by atoms with Gasteiger partial charge in [0.25, 0.3) is 0 Å². The number of amides is 1. The zero-order valence-electron chi connectivity index (χ0n) is 10.4. The van der Waals surface area contributed by atoms with Gasteiger partial charge in [-0.3, -0.25) is 9.59 Å². The van der Waals surface area contributed by atoms with Gasteiger partial charge in [0.05, 0.1) is 5.92 Å². The third-order valence-electron chi connectivity index (χ3n) is 3.34. The van der Waals surface area contributed by atoms with Crippen LogP contribution in [0, 0.1) is 5.92 Å². The third kappa shape index (κ3) is 3.07. The Morgan fingerprint density at radius 3 is 2.79 bits per heavy atom. The highest BCUT2D eigenvalue weighted by molar-refractivity contribution is 9.10. The fraction of sp³-hybridized carbons (Fsp3) is 0.385. The number of likely N-dealkylation sites (tertiary alicyclic amines) is 1. The van der Waals surface area contributed by atoms with Crippen molar-refractivity contribution in [2.24, 2.45) is 5.92 Å². The number of carbonyl (C=O) groups excluding carboxylic acids is 1. The zero-order chi connectivity index (χ0) is 14.0. The molecule has 2 heterocycles. The number of halogens is 1. The minimum atomic E-state index is -0.846. The summed E-state index contributed by atoms with van der Waals surface area (Å²) in [5, 5.41) is 9.02. The van der Waals surface area contributed by atoms with Crippen LogP contribution in [0.25, 0.3) is 6.08 Å². The number of furan rings is 1. The van der Waals surface area contributed by atoms with Gasteiger partial charge in [-0.1, -0.05) is 0 Å². The highest BCUT2D eigenvalue weighted by atomic mass is 79.9. The molecule has 2 unspecified atom stereocenters. The summed E-state index contributed by atoms with van der Waals surface area (Å²) in [6.45, 7) is 2.24. The summed E-state index contributed by atoms with van der Waals surface area (Å²) in [5.41, 5.74) is 0. The van der Waals surface area contributed by atoms with Crippen molar-refractivity contribution in [1.82, 2.24) is 4.90 Å². The summed E-state index contributed by atoms with van der Waals surface area (Å²) < 4.78 is 5.85. The molecular formula is C13H14BrNO4. The Bertz CT molecular complexity index is 522. The van der Waals surface area contributed by atoms with Crippen molar-refractivity contribution in [1.29, 1.82) is 0 Å². The van der Waals surface area contributed by atoms with Crippen molar-refractivity contribution in [3.63, 3.8) is 0 Å². The van der Waals surface area contributed by atoms with Crippen LogP contribution in [0.5, 0.6) is 0 Å². The molecule has 0 aliphatic carbocycles. The van der Waals surface area contributed by atoms with E-state index in [9.17, 15) is 9.59 Å². The minimum absolute atomic E-state index is 0.191. The number of rotatable bonds is 3. The van der Waals surface area contributed by atoms with Gasteiger partial charge in [-0.15, -0.1) is 0 Å². The summed E-state index contributed by atoms with van der Waals surface area (Å²) in [4.78, 5) is 24.6. The van der Waals surface area contributed by atoms with Crippen molar-refractivity contribution in [2.75, 3.05) is 6.54 Å². The molecule has 19 heavy (non-hydrogen) atoms. The molecule has 1 saturated heterocycles. The maximum Gasteiger partial charge on any atom is 0.308 e. The van der Waals surface area contributed by atoms with Crippen LogP contribution >= 0.6 is 15.9 Å². The van der Waals surface area contributed by atoms with Gasteiger partial charge in [-0.05, 0) is 47.5 Å². The molecule has 2 atom stereocenters. The molecule has 2 rings (SSSR count). The van der Waals surface area contributed by atoms with Crippen LogP contribution < -0.4 is 0 Å². The Kier molecular flexibility index (Phi) is 4.09. The third-order valence-corrected chi connectivity index (χ3v) is 3.77. The van der Waals surface area contributed by atoms with Gasteiger partial charge < -0.3 is 14.4 Å². The van der Waals surface area contributed by atoms with E-state index in [1.807, 2.05) is 0 Å². The molecule has 0 bridgehead atoms. The first-order valence-corrected chi connectivity index (χ1v) is 6.75. The molecule has 102 valence electrons. The second kappa shape index (κ2) is 5.61. The van der Waals surface area contributed by atoms with Crippen LogP contribution in [0.15, 0.2) is 27.3 Å². The van der Waals surface area contributed by atoms with Crippen LogP contribution in [-0.4, -0.2) is 34.5 Å². The molecule has 1 aromatic rings. The van der Waals surface area contributed by atoms with Crippen molar-refractivity contribution in [3.8, 4) is 0 Å². The van der Waals surface area contributed by atoms with E-state index in [2.05, 4.69) is 15.9 Å². The van der Waals surface area contributed by atoms with E-state index in [1.165, 1.54) is 6.08 Å². The normalized spacial score (nSPS) is 23.2. The lowest BCUT2D eigenvalue weighted by Crippen LogP contribution is -2.36. The number of hydrogen-bond acceptors (Lipinski definition) is 3. The molecule has 6 heteroatoms. The van der Waals surface area contributed by atoms with Gasteiger partial charge in [-0.25, -0.2) is 0 Å². The quantitative estimate of drug-likeness (QED) is 0.865. The molecule has 1 aromatic heterocycles. The first-order chi connectivity index (χ1) is 8.99. The topological polar surface area (TPSA) is 70.8 Å². The average Bonchev–Trinajstić information content (AvgIpc) is 2.92. The predicted octanol–water partition coefficient (Wildman–Crippen LogP) is 2.38. The van der Waals surface area contributed by atoms with Gasteiger partial charge >= 0.3 is 5.97 Å². The van der Waals surface area contributed by atoms with Crippen LogP contribution in [0.3, 0.4) is 0 Å². The number of nitrogens with zero attached hydrogens (tertiary/aromatic N) is 1. The Morgan fingerprint density at radius 2 is 2.26 bits per heavy atom. The highest BCUT2D eigenvalue weighted by Crippen LogP contribution is 2.24. The number of carbonyl (C=O) groups is 2. The Balaban J connectivity index is 2.01. The van der Waals surface area contributed by atoms with Gasteiger partial charge in [0.1, 0.15) is 5.76 Å². The Hall–Kier alpha value is -1.56. The van der Waals surface area contributed by atoms with E-state index in [-0.39, 0.29) is 11.9 Å². The summed E-state index contributed by atoms with van der Waals surface area (Å²) in [6, 6.07) is 3.20. The van der Waals surface area contributed by atoms with Crippen molar-refractivity contribution < 1.29 is 19.1 Å². The van der Waals surface area contributed by atoms with Gasteiger partial charge in [-0.2, -0.15) is 0 Å². The van der Waals surface area contributed by atoms with E-state index >= 15 is 0 Å². The van der Waals surface area contributed by atoms with E-state index in [0.29, 0.717) is 23.4 Å².